The van der Waals surface area contributed by atoms with Gasteiger partial charge in [0.15, 0.2) is 0 Å². The van der Waals surface area contributed by atoms with Crippen LogP contribution >= 0.6 is 11.6 Å². The second-order valence-corrected chi connectivity index (χ2v) is 7.33. The van der Waals surface area contributed by atoms with Crippen LogP contribution in [0.25, 0.3) is 0 Å². The molecule has 0 radical (unpaired) electrons. The van der Waals surface area contributed by atoms with Crippen LogP contribution in [-0.2, 0) is 10.0 Å². The van der Waals surface area contributed by atoms with Gasteiger partial charge >= 0.3 is 0 Å². The third-order valence-electron chi connectivity index (χ3n) is 3.19. The van der Waals surface area contributed by atoms with Crippen molar-refractivity contribution in [1.82, 2.24) is 0 Å². The fraction of sp³-hybridized carbons (Fsp3) is 0.188. The van der Waals surface area contributed by atoms with Crippen molar-refractivity contribution in [1.29, 1.82) is 0 Å². The van der Waals surface area contributed by atoms with Gasteiger partial charge in [-0.3, -0.25) is 9.52 Å². The highest BCUT2D eigenvalue weighted by atomic mass is 35.5. The molecule has 0 unspecified atom stereocenters. The summed E-state index contributed by atoms with van der Waals surface area (Å²) in [6, 6.07) is 11.1. The lowest BCUT2D eigenvalue weighted by atomic mass is 10.2. The standard InChI is InChI=1S/C16H17ClN2O4S/c1-3-24(21,22)19-13-6-4-5-11(9-13)16(20)18-14-10-12(17)7-8-15(14)23-2/h4-10,19H,3H2,1-2H3,(H,18,20). The fourth-order valence-corrected chi connectivity index (χ4v) is 2.75. The van der Waals surface area contributed by atoms with Crippen molar-refractivity contribution >= 4 is 38.9 Å². The molecule has 0 bridgehead atoms. The van der Waals surface area contributed by atoms with E-state index in [1.54, 1.807) is 36.4 Å². The van der Waals surface area contributed by atoms with E-state index < -0.39 is 15.9 Å². The summed E-state index contributed by atoms with van der Waals surface area (Å²) < 4.78 is 30.8. The highest BCUT2D eigenvalue weighted by Gasteiger charge is 2.12. The van der Waals surface area contributed by atoms with Gasteiger partial charge in [0.1, 0.15) is 5.75 Å². The normalized spacial score (nSPS) is 11.0. The Morgan fingerprint density at radius 2 is 1.96 bits per heavy atom. The van der Waals surface area contributed by atoms with E-state index in [1.165, 1.54) is 20.1 Å². The highest BCUT2D eigenvalue weighted by Crippen LogP contribution is 2.28. The number of carbonyl (C=O) groups is 1. The van der Waals surface area contributed by atoms with Crippen LogP contribution in [0, 0.1) is 0 Å². The molecule has 0 aliphatic carbocycles. The number of hydrogen-bond acceptors (Lipinski definition) is 4. The molecule has 0 saturated carbocycles. The number of amides is 1. The number of nitrogens with one attached hydrogen (secondary N) is 2. The summed E-state index contributed by atoms with van der Waals surface area (Å²) in [6.45, 7) is 1.53. The molecule has 8 heteroatoms. The maximum Gasteiger partial charge on any atom is 0.255 e. The largest absolute Gasteiger partial charge is 0.495 e. The zero-order valence-electron chi connectivity index (χ0n) is 13.2. The Morgan fingerprint density at radius 3 is 2.62 bits per heavy atom. The minimum atomic E-state index is -3.41. The number of halogens is 1. The Balaban J connectivity index is 2.23. The third kappa shape index (κ3) is 4.62. The first-order chi connectivity index (χ1) is 11.3. The van der Waals surface area contributed by atoms with Crippen molar-refractivity contribution in [3.05, 3.63) is 53.1 Å². The maximum absolute atomic E-state index is 12.4. The first-order valence-corrected chi connectivity index (χ1v) is 9.13. The molecule has 0 atom stereocenters. The Hall–Kier alpha value is -2.25. The quantitative estimate of drug-likeness (QED) is 0.818. The first-order valence-electron chi connectivity index (χ1n) is 7.10. The van der Waals surface area contributed by atoms with Crippen LogP contribution in [0.15, 0.2) is 42.5 Å². The van der Waals surface area contributed by atoms with Crippen LogP contribution in [-0.4, -0.2) is 27.2 Å². The molecule has 2 rings (SSSR count). The monoisotopic (exact) mass is 368 g/mol. The minimum absolute atomic E-state index is 0.0524. The smallest absolute Gasteiger partial charge is 0.255 e. The van der Waals surface area contributed by atoms with Gasteiger partial charge in [0.25, 0.3) is 5.91 Å². The maximum atomic E-state index is 12.4. The van der Waals surface area contributed by atoms with Gasteiger partial charge in [-0.25, -0.2) is 8.42 Å². The zero-order chi connectivity index (χ0) is 17.7. The summed E-state index contributed by atoms with van der Waals surface area (Å²) in [7, 11) is -1.92. The van der Waals surface area contributed by atoms with Crippen molar-refractivity contribution in [3.8, 4) is 5.75 Å². The lowest BCUT2D eigenvalue weighted by molar-refractivity contribution is 0.102. The topological polar surface area (TPSA) is 84.5 Å². The van der Waals surface area contributed by atoms with Gasteiger partial charge in [-0.05, 0) is 43.3 Å². The molecule has 24 heavy (non-hydrogen) atoms. The van der Waals surface area contributed by atoms with Crippen LogP contribution < -0.4 is 14.8 Å². The Bertz CT molecular complexity index is 853. The van der Waals surface area contributed by atoms with Crippen molar-refractivity contribution in [2.45, 2.75) is 6.92 Å². The second-order valence-electron chi connectivity index (χ2n) is 4.89. The molecule has 0 fully saturated rings. The highest BCUT2D eigenvalue weighted by molar-refractivity contribution is 7.92. The molecule has 2 aromatic carbocycles. The van der Waals surface area contributed by atoms with Gasteiger partial charge in [0.2, 0.25) is 10.0 Å². The second kappa shape index (κ2) is 7.55. The molecule has 0 heterocycles. The van der Waals surface area contributed by atoms with Crippen LogP contribution in [0.4, 0.5) is 11.4 Å². The van der Waals surface area contributed by atoms with E-state index in [4.69, 9.17) is 16.3 Å². The molecule has 0 aromatic heterocycles. The molecule has 0 aliphatic heterocycles. The number of anilines is 2. The van der Waals surface area contributed by atoms with E-state index in [2.05, 4.69) is 10.0 Å². The summed E-state index contributed by atoms with van der Waals surface area (Å²) in [5.74, 6) is 0.00654. The molecule has 0 aliphatic rings. The average molecular weight is 369 g/mol. The average Bonchev–Trinajstić information content (AvgIpc) is 2.55. The number of methoxy groups -OCH3 is 1. The predicted octanol–water partition coefficient (Wildman–Crippen LogP) is 3.36. The van der Waals surface area contributed by atoms with Gasteiger partial charge in [-0.15, -0.1) is 0 Å². The molecular weight excluding hydrogens is 352 g/mol. The fourth-order valence-electron chi connectivity index (χ4n) is 1.95. The number of ether oxygens (including phenoxy) is 1. The van der Waals surface area contributed by atoms with E-state index in [-0.39, 0.29) is 5.75 Å². The summed E-state index contributed by atoms with van der Waals surface area (Å²) in [5, 5.41) is 3.15. The van der Waals surface area contributed by atoms with E-state index >= 15 is 0 Å². The molecule has 128 valence electrons. The van der Waals surface area contributed by atoms with Gasteiger partial charge in [-0.2, -0.15) is 0 Å². The van der Waals surface area contributed by atoms with Gasteiger partial charge in [-0.1, -0.05) is 17.7 Å². The van der Waals surface area contributed by atoms with E-state index in [0.29, 0.717) is 27.7 Å². The van der Waals surface area contributed by atoms with Crippen LogP contribution in [0.3, 0.4) is 0 Å². The van der Waals surface area contributed by atoms with Crippen molar-refractivity contribution < 1.29 is 17.9 Å². The summed E-state index contributed by atoms with van der Waals surface area (Å²) in [6.07, 6.45) is 0. The van der Waals surface area contributed by atoms with Gasteiger partial charge in [0.05, 0.1) is 18.6 Å². The summed E-state index contributed by atoms with van der Waals surface area (Å²) in [4.78, 5) is 12.4. The van der Waals surface area contributed by atoms with Crippen molar-refractivity contribution in [3.63, 3.8) is 0 Å². The molecule has 6 nitrogen and oxygen atoms in total. The minimum Gasteiger partial charge on any atom is -0.495 e. The van der Waals surface area contributed by atoms with E-state index in [9.17, 15) is 13.2 Å². The molecule has 0 saturated heterocycles. The Labute approximate surface area is 145 Å². The molecule has 1 amide bonds. The summed E-state index contributed by atoms with van der Waals surface area (Å²) in [5.41, 5.74) is 1.05. The number of carbonyl (C=O) groups excluding carboxylic acids is 1. The Kier molecular flexibility index (Phi) is 5.69. The molecular formula is C16H17ClN2O4S. The van der Waals surface area contributed by atoms with Crippen LogP contribution in [0.1, 0.15) is 17.3 Å². The van der Waals surface area contributed by atoms with Crippen molar-refractivity contribution in [2.24, 2.45) is 0 Å². The number of sulfonamides is 1. The Morgan fingerprint density at radius 1 is 1.21 bits per heavy atom. The van der Waals surface area contributed by atoms with E-state index in [1.807, 2.05) is 0 Å². The SMILES string of the molecule is CCS(=O)(=O)Nc1cccc(C(=O)Nc2cc(Cl)ccc2OC)c1. The third-order valence-corrected chi connectivity index (χ3v) is 4.73. The van der Waals surface area contributed by atoms with Gasteiger partial charge in [0, 0.05) is 16.3 Å². The van der Waals surface area contributed by atoms with E-state index in [0.717, 1.165) is 0 Å². The van der Waals surface area contributed by atoms with Crippen molar-refractivity contribution in [2.75, 3.05) is 22.9 Å². The molecule has 2 N–H and O–H groups in total. The number of hydrogen-bond donors (Lipinski definition) is 2. The first kappa shape index (κ1) is 18.1. The molecule has 2 aromatic rings. The lowest BCUT2D eigenvalue weighted by Crippen LogP contribution is -2.16. The number of benzene rings is 2. The van der Waals surface area contributed by atoms with Crippen LogP contribution in [0.5, 0.6) is 5.75 Å². The van der Waals surface area contributed by atoms with Crippen LogP contribution in [0.2, 0.25) is 5.02 Å². The lowest BCUT2D eigenvalue weighted by Gasteiger charge is -2.11. The zero-order valence-corrected chi connectivity index (χ0v) is 14.7. The predicted molar refractivity (Wildman–Crippen MR) is 95.5 cm³/mol. The van der Waals surface area contributed by atoms with Gasteiger partial charge < -0.3 is 10.1 Å². The summed E-state index contributed by atoms with van der Waals surface area (Å²) >= 11 is 5.93. The molecule has 0 spiro atoms. The number of rotatable bonds is 6.